The molecule has 1 aromatic rings. The van der Waals surface area contributed by atoms with E-state index in [0.717, 1.165) is 12.8 Å². The summed E-state index contributed by atoms with van der Waals surface area (Å²) in [5.74, 6) is 0.919. The lowest BCUT2D eigenvalue weighted by Crippen LogP contribution is -2.57. The second-order valence-corrected chi connectivity index (χ2v) is 8.62. The van der Waals surface area contributed by atoms with Crippen molar-refractivity contribution in [1.29, 1.82) is 5.26 Å². The normalized spacial score (nSPS) is 43.9. The van der Waals surface area contributed by atoms with Crippen LogP contribution in [0.1, 0.15) is 49.7 Å². The maximum atomic E-state index is 11.3. The Morgan fingerprint density at radius 1 is 1.38 bits per heavy atom. The first kappa shape index (κ1) is 17.8. The van der Waals surface area contributed by atoms with Gasteiger partial charge in [-0.3, -0.25) is 0 Å². The lowest BCUT2D eigenvalue weighted by molar-refractivity contribution is -0.162. The first-order chi connectivity index (χ1) is 12.4. The lowest BCUT2D eigenvalue weighted by Gasteiger charge is -2.55. The third-order valence-electron chi connectivity index (χ3n) is 7.72. The van der Waals surface area contributed by atoms with Gasteiger partial charge in [0.25, 0.3) is 0 Å². The second kappa shape index (κ2) is 5.95. The number of nitriles is 1. The van der Waals surface area contributed by atoms with Gasteiger partial charge in [-0.05, 0) is 60.8 Å². The van der Waals surface area contributed by atoms with Crippen LogP contribution < -0.4 is 0 Å². The molecule has 3 aliphatic carbocycles. The zero-order valence-electron chi connectivity index (χ0n) is 15.4. The molecular formula is C21H27NO4. The topological polar surface area (TPSA) is 93.7 Å². The van der Waals surface area contributed by atoms with Crippen LogP contribution in [0.3, 0.4) is 0 Å². The number of aromatic hydroxyl groups is 1. The van der Waals surface area contributed by atoms with E-state index in [2.05, 4.69) is 6.07 Å². The molecule has 7 atom stereocenters. The number of aryl methyl sites for hydroxylation is 1. The maximum absolute atomic E-state index is 11.3. The number of benzene rings is 1. The molecule has 0 radical (unpaired) electrons. The fourth-order valence-electron chi connectivity index (χ4n) is 6.38. The van der Waals surface area contributed by atoms with Gasteiger partial charge >= 0.3 is 0 Å². The SMILES string of the molecule is CO[C@H]1C[C@@]2(C)[C@@H](C[C@@H](O)[C@@]2(O)CC#N)[C@@H]2CCc3cc(O)ccc3[C@H]21. The molecule has 0 amide bonds. The molecule has 0 bridgehead atoms. The van der Waals surface area contributed by atoms with Crippen molar-refractivity contribution in [3.63, 3.8) is 0 Å². The summed E-state index contributed by atoms with van der Waals surface area (Å²) >= 11 is 0. The second-order valence-electron chi connectivity index (χ2n) is 8.62. The van der Waals surface area contributed by atoms with Gasteiger partial charge in [0.05, 0.1) is 24.7 Å². The molecule has 26 heavy (non-hydrogen) atoms. The minimum atomic E-state index is -1.39. The molecule has 2 fully saturated rings. The maximum Gasteiger partial charge on any atom is 0.115 e. The van der Waals surface area contributed by atoms with Crippen molar-refractivity contribution >= 4 is 0 Å². The highest BCUT2D eigenvalue weighted by molar-refractivity contribution is 5.41. The van der Waals surface area contributed by atoms with Crippen LogP contribution in [0, 0.1) is 28.6 Å². The summed E-state index contributed by atoms with van der Waals surface area (Å²) in [5, 5.41) is 41.1. The highest BCUT2D eigenvalue weighted by atomic mass is 16.5. The number of fused-ring (bicyclic) bond motifs is 5. The van der Waals surface area contributed by atoms with Gasteiger partial charge in [-0.15, -0.1) is 0 Å². The molecule has 5 nitrogen and oxygen atoms in total. The third kappa shape index (κ3) is 2.19. The summed E-state index contributed by atoms with van der Waals surface area (Å²) in [7, 11) is 1.70. The van der Waals surface area contributed by atoms with E-state index in [1.807, 2.05) is 19.1 Å². The molecule has 0 heterocycles. The molecule has 3 aliphatic rings. The molecule has 0 spiro atoms. The highest BCUT2D eigenvalue weighted by Crippen LogP contribution is 2.65. The molecular weight excluding hydrogens is 330 g/mol. The number of ether oxygens (including phenoxy) is 1. The van der Waals surface area contributed by atoms with Crippen molar-refractivity contribution in [1.82, 2.24) is 0 Å². The number of rotatable bonds is 2. The van der Waals surface area contributed by atoms with E-state index in [4.69, 9.17) is 4.74 Å². The summed E-state index contributed by atoms with van der Waals surface area (Å²) in [4.78, 5) is 0. The van der Waals surface area contributed by atoms with Crippen LogP contribution in [-0.4, -0.2) is 40.2 Å². The molecule has 140 valence electrons. The average Bonchev–Trinajstić information content (AvgIpc) is 2.81. The summed E-state index contributed by atoms with van der Waals surface area (Å²) in [6.45, 7) is 2.03. The molecule has 3 N–H and O–H groups in total. The zero-order valence-corrected chi connectivity index (χ0v) is 15.4. The number of aliphatic hydroxyl groups is 2. The number of hydrogen-bond acceptors (Lipinski definition) is 5. The number of aliphatic hydroxyl groups excluding tert-OH is 1. The molecule has 4 rings (SSSR count). The van der Waals surface area contributed by atoms with Gasteiger partial charge < -0.3 is 20.1 Å². The van der Waals surface area contributed by atoms with Gasteiger partial charge in [0, 0.05) is 18.4 Å². The van der Waals surface area contributed by atoms with E-state index < -0.39 is 17.1 Å². The Bertz CT molecular complexity index is 759. The molecule has 0 saturated heterocycles. The summed E-state index contributed by atoms with van der Waals surface area (Å²) < 4.78 is 5.89. The number of nitrogens with zero attached hydrogens (tertiary/aromatic N) is 1. The molecule has 0 aromatic heterocycles. The molecule has 1 aromatic carbocycles. The monoisotopic (exact) mass is 357 g/mol. The quantitative estimate of drug-likeness (QED) is 0.756. The minimum absolute atomic E-state index is 0.0561. The van der Waals surface area contributed by atoms with Gasteiger partial charge in [-0.25, -0.2) is 0 Å². The molecule has 0 aliphatic heterocycles. The largest absolute Gasteiger partial charge is 0.508 e. The van der Waals surface area contributed by atoms with Crippen molar-refractivity contribution < 1.29 is 20.1 Å². The number of methoxy groups -OCH3 is 1. The predicted molar refractivity (Wildman–Crippen MR) is 95.5 cm³/mol. The Kier molecular flexibility index (Phi) is 4.07. The van der Waals surface area contributed by atoms with Crippen molar-refractivity contribution in [2.24, 2.45) is 17.3 Å². The van der Waals surface area contributed by atoms with Crippen LogP contribution in [0.2, 0.25) is 0 Å². The van der Waals surface area contributed by atoms with Crippen molar-refractivity contribution in [2.45, 2.75) is 62.8 Å². The smallest absolute Gasteiger partial charge is 0.115 e. The van der Waals surface area contributed by atoms with Crippen molar-refractivity contribution in [3.05, 3.63) is 29.3 Å². The molecule has 0 unspecified atom stereocenters. The van der Waals surface area contributed by atoms with Crippen molar-refractivity contribution in [2.75, 3.05) is 7.11 Å². The van der Waals surface area contributed by atoms with Crippen LogP contribution in [0.5, 0.6) is 5.75 Å². The van der Waals surface area contributed by atoms with Gasteiger partial charge in [0.15, 0.2) is 0 Å². The first-order valence-corrected chi connectivity index (χ1v) is 9.47. The van der Waals surface area contributed by atoms with E-state index in [1.165, 1.54) is 11.1 Å². The van der Waals surface area contributed by atoms with E-state index >= 15 is 0 Å². The Hall–Kier alpha value is -1.61. The lowest BCUT2D eigenvalue weighted by atomic mass is 9.52. The van der Waals surface area contributed by atoms with E-state index in [-0.39, 0.29) is 36.0 Å². The van der Waals surface area contributed by atoms with Crippen LogP contribution in [0.4, 0.5) is 0 Å². The number of phenols is 1. The van der Waals surface area contributed by atoms with Gasteiger partial charge in [0.2, 0.25) is 0 Å². The predicted octanol–water partition coefficient (Wildman–Crippen LogP) is 2.49. The van der Waals surface area contributed by atoms with Crippen LogP contribution in [-0.2, 0) is 11.2 Å². The van der Waals surface area contributed by atoms with E-state index in [1.54, 1.807) is 13.2 Å². The van der Waals surface area contributed by atoms with Crippen LogP contribution >= 0.6 is 0 Å². The zero-order chi connectivity index (χ0) is 18.7. The fourth-order valence-corrected chi connectivity index (χ4v) is 6.38. The van der Waals surface area contributed by atoms with Crippen LogP contribution in [0.15, 0.2) is 18.2 Å². The van der Waals surface area contributed by atoms with Crippen molar-refractivity contribution in [3.8, 4) is 11.8 Å². The first-order valence-electron chi connectivity index (χ1n) is 9.47. The summed E-state index contributed by atoms with van der Waals surface area (Å²) in [6, 6.07) is 7.67. The number of hydrogen-bond donors (Lipinski definition) is 3. The Balaban J connectivity index is 1.79. The third-order valence-corrected chi connectivity index (χ3v) is 7.72. The highest BCUT2D eigenvalue weighted by Gasteiger charge is 2.67. The van der Waals surface area contributed by atoms with Crippen LogP contribution in [0.25, 0.3) is 0 Å². The minimum Gasteiger partial charge on any atom is -0.508 e. The standard InChI is InChI=1S/C21H27NO4/c1-20-11-17(26-2)19-14-6-4-13(23)9-12(14)3-5-15(19)16(20)10-18(24)21(20,25)7-8-22/h4,6,9,15-19,23-25H,3,5,7,10-11H2,1-2H3/t15-,16-,17-,18+,19+,20-,21-/m0/s1. The van der Waals surface area contributed by atoms with Gasteiger partial charge in [-0.2, -0.15) is 5.26 Å². The molecule has 2 saturated carbocycles. The number of phenolic OH excluding ortho intramolecular Hbond substituents is 1. The molecule has 5 heteroatoms. The van der Waals surface area contributed by atoms with E-state index in [9.17, 15) is 20.6 Å². The fraction of sp³-hybridized carbons (Fsp3) is 0.667. The van der Waals surface area contributed by atoms with Gasteiger partial charge in [0.1, 0.15) is 11.4 Å². The Morgan fingerprint density at radius 3 is 2.85 bits per heavy atom. The Labute approximate surface area is 154 Å². The Morgan fingerprint density at radius 2 is 2.15 bits per heavy atom. The summed E-state index contributed by atoms with van der Waals surface area (Å²) in [5.41, 5.74) is 0.461. The summed E-state index contributed by atoms with van der Waals surface area (Å²) in [6.07, 6.45) is 1.94. The van der Waals surface area contributed by atoms with Gasteiger partial charge in [-0.1, -0.05) is 13.0 Å². The van der Waals surface area contributed by atoms with E-state index in [0.29, 0.717) is 12.8 Å². The average molecular weight is 357 g/mol.